The SMILES string of the molecule is O=C(c1cccc(Br)c1)N(Cc1ccc(Br)cc1)C1CC1. The molecule has 1 saturated carbocycles. The third-order valence-corrected chi connectivity index (χ3v) is 4.61. The summed E-state index contributed by atoms with van der Waals surface area (Å²) in [7, 11) is 0. The van der Waals surface area contributed by atoms with Gasteiger partial charge in [0.25, 0.3) is 5.91 Å². The lowest BCUT2D eigenvalue weighted by molar-refractivity contribution is 0.0730. The van der Waals surface area contributed by atoms with E-state index in [-0.39, 0.29) is 5.91 Å². The first-order chi connectivity index (χ1) is 10.1. The van der Waals surface area contributed by atoms with E-state index in [0.29, 0.717) is 12.6 Å². The van der Waals surface area contributed by atoms with Crippen molar-refractivity contribution in [2.24, 2.45) is 0 Å². The van der Waals surface area contributed by atoms with Crippen LogP contribution >= 0.6 is 31.9 Å². The maximum absolute atomic E-state index is 12.7. The largest absolute Gasteiger partial charge is 0.331 e. The molecule has 1 amide bonds. The molecule has 0 atom stereocenters. The molecule has 0 heterocycles. The van der Waals surface area contributed by atoms with Gasteiger partial charge in [-0.15, -0.1) is 0 Å². The van der Waals surface area contributed by atoms with Gasteiger partial charge in [-0.25, -0.2) is 0 Å². The van der Waals surface area contributed by atoms with Crippen LogP contribution in [0.5, 0.6) is 0 Å². The average molecular weight is 409 g/mol. The number of nitrogens with zero attached hydrogens (tertiary/aromatic N) is 1. The molecular formula is C17H15Br2NO. The highest BCUT2D eigenvalue weighted by atomic mass is 79.9. The molecule has 0 N–H and O–H groups in total. The van der Waals surface area contributed by atoms with Gasteiger partial charge in [-0.05, 0) is 48.7 Å². The third kappa shape index (κ3) is 3.74. The summed E-state index contributed by atoms with van der Waals surface area (Å²) >= 11 is 6.87. The third-order valence-electron chi connectivity index (χ3n) is 3.59. The highest BCUT2D eigenvalue weighted by Gasteiger charge is 2.33. The van der Waals surface area contributed by atoms with Gasteiger partial charge >= 0.3 is 0 Å². The number of hydrogen-bond acceptors (Lipinski definition) is 1. The molecule has 4 heteroatoms. The summed E-state index contributed by atoms with van der Waals surface area (Å²) in [4.78, 5) is 14.7. The van der Waals surface area contributed by atoms with Crippen LogP contribution in [0.15, 0.2) is 57.5 Å². The first-order valence-electron chi connectivity index (χ1n) is 6.94. The Balaban J connectivity index is 1.81. The van der Waals surface area contributed by atoms with Gasteiger partial charge in [0.15, 0.2) is 0 Å². The summed E-state index contributed by atoms with van der Waals surface area (Å²) in [6, 6.07) is 16.2. The van der Waals surface area contributed by atoms with Crippen LogP contribution in [0.3, 0.4) is 0 Å². The van der Waals surface area contributed by atoms with E-state index in [1.807, 2.05) is 41.3 Å². The predicted molar refractivity (Wildman–Crippen MR) is 91.2 cm³/mol. The zero-order valence-electron chi connectivity index (χ0n) is 11.4. The number of rotatable bonds is 4. The molecule has 0 aliphatic heterocycles. The van der Waals surface area contributed by atoms with E-state index in [1.165, 1.54) is 0 Å². The van der Waals surface area contributed by atoms with Crippen molar-refractivity contribution in [3.8, 4) is 0 Å². The molecule has 1 fully saturated rings. The van der Waals surface area contributed by atoms with Crippen LogP contribution in [-0.4, -0.2) is 16.8 Å². The van der Waals surface area contributed by atoms with Gasteiger partial charge in [0.1, 0.15) is 0 Å². The minimum Gasteiger partial charge on any atom is -0.331 e. The highest BCUT2D eigenvalue weighted by Crippen LogP contribution is 2.30. The Morgan fingerprint density at radius 3 is 2.38 bits per heavy atom. The molecule has 1 aliphatic carbocycles. The minimum absolute atomic E-state index is 0.113. The van der Waals surface area contributed by atoms with Gasteiger partial charge in [0.2, 0.25) is 0 Å². The maximum atomic E-state index is 12.7. The molecule has 0 saturated heterocycles. The Kier molecular flexibility index (Phi) is 4.45. The molecule has 2 aromatic rings. The van der Waals surface area contributed by atoms with E-state index >= 15 is 0 Å². The molecule has 1 aliphatic rings. The quantitative estimate of drug-likeness (QED) is 0.695. The highest BCUT2D eigenvalue weighted by molar-refractivity contribution is 9.10. The lowest BCUT2D eigenvalue weighted by Crippen LogP contribution is -2.32. The Labute approximate surface area is 141 Å². The Morgan fingerprint density at radius 2 is 1.76 bits per heavy atom. The standard InChI is InChI=1S/C17H15Br2NO/c18-14-6-4-12(5-7-14)11-20(16-8-9-16)17(21)13-2-1-3-15(19)10-13/h1-7,10,16H,8-9,11H2. The normalized spacial score (nSPS) is 14.0. The van der Waals surface area contributed by atoms with Gasteiger partial charge in [0, 0.05) is 27.1 Å². The lowest BCUT2D eigenvalue weighted by Gasteiger charge is -2.23. The number of carbonyl (C=O) groups excluding carboxylic acids is 1. The van der Waals surface area contributed by atoms with Crippen LogP contribution < -0.4 is 0 Å². The second-order valence-electron chi connectivity index (χ2n) is 5.30. The number of halogens is 2. The van der Waals surface area contributed by atoms with Crippen molar-refractivity contribution in [1.29, 1.82) is 0 Å². The van der Waals surface area contributed by atoms with Crippen LogP contribution in [0.4, 0.5) is 0 Å². The van der Waals surface area contributed by atoms with Crippen molar-refractivity contribution in [3.63, 3.8) is 0 Å². The average Bonchev–Trinajstić information content (AvgIpc) is 3.30. The van der Waals surface area contributed by atoms with Crippen molar-refractivity contribution in [2.45, 2.75) is 25.4 Å². The topological polar surface area (TPSA) is 20.3 Å². The van der Waals surface area contributed by atoms with E-state index < -0.39 is 0 Å². The van der Waals surface area contributed by atoms with Crippen molar-refractivity contribution >= 4 is 37.8 Å². The summed E-state index contributed by atoms with van der Waals surface area (Å²) in [5, 5.41) is 0. The van der Waals surface area contributed by atoms with E-state index in [0.717, 1.165) is 32.9 Å². The Bertz CT molecular complexity index is 650. The Hall–Kier alpha value is -1.13. The second kappa shape index (κ2) is 6.32. The molecule has 0 spiro atoms. The summed E-state index contributed by atoms with van der Waals surface area (Å²) in [6.45, 7) is 0.670. The lowest BCUT2D eigenvalue weighted by atomic mass is 10.1. The maximum Gasteiger partial charge on any atom is 0.254 e. The van der Waals surface area contributed by atoms with E-state index in [1.54, 1.807) is 0 Å². The first kappa shape index (κ1) is 14.8. The fraction of sp³-hybridized carbons (Fsp3) is 0.235. The van der Waals surface area contributed by atoms with Gasteiger partial charge in [-0.3, -0.25) is 4.79 Å². The van der Waals surface area contributed by atoms with Gasteiger partial charge < -0.3 is 4.90 Å². The van der Waals surface area contributed by atoms with Crippen molar-refractivity contribution in [2.75, 3.05) is 0 Å². The molecule has 108 valence electrons. The van der Waals surface area contributed by atoms with Crippen LogP contribution in [0, 0.1) is 0 Å². The molecule has 3 rings (SSSR count). The number of amides is 1. The zero-order valence-corrected chi connectivity index (χ0v) is 14.6. The summed E-state index contributed by atoms with van der Waals surface area (Å²) in [5.41, 5.74) is 1.90. The summed E-state index contributed by atoms with van der Waals surface area (Å²) < 4.78 is 2.00. The van der Waals surface area contributed by atoms with Crippen molar-refractivity contribution < 1.29 is 4.79 Å². The minimum atomic E-state index is 0.113. The number of benzene rings is 2. The van der Waals surface area contributed by atoms with E-state index in [4.69, 9.17) is 0 Å². The predicted octanol–water partition coefficient (Wildman–Crippen LogP) is 5.02. The van der Waals surface area contributed by atoms with Crippen LogP contribution in [-0.2, 0) is 6.54 Å². The summed E-state index contributed by atoms with van der Waals surface area (Å²) in [6.07, 6.45) is 2.21. The molecule has 0 aromatic heterocycles. The van der Waals surface area contributed by atoms with Crippen LogP contribution in [0.25, 0.3) is 0 Å². The molecule has 2 aromatic carbocycles. The van der Waals surface area contributed by atoms with Crippen LogP contribution in [0.2, 0.25) is 0 Å². The van der Waals surface area contributed by atoms with Crippen molar-refractivity contribution in [1.82, 2.24) is 4.90 Å². The molecule has 0 radical (unpaired) electrons. The fourth-order valence-electron chi connectivity index (χ4n) is 2.33. The number of carbonyl (C=O) groups is 1. The molecule has 2 nitrogen and oxygen atoms in total. The van der Waals surface area contributed by atoms with E-state index in [9.17, 15) is 4.79 Å². The monoisotopic (exact) mass is 407 g/mol. The molecule has 0 unspecified atom stereocenters. The Morgan fingerprint density at radius 1 is 1.05 bits per heavy atom. The van der Waals surface area contributed by atoms with Crippen molar-refractivity contribution in [3.05, 3.63) is 68.6 Å². The summed E-state index contributed by atoms with van der Waals surface area (Å²) in [5.74, 6) is 0.113. The van der Waals surface area contributed by atoms with E-state index in [2.05, 4.69) is 44.0 Å². The first-order valence-corrected chi connectivity index (χ1v) is 8.53. The van der Waals surface area contributed by atoms with Gasteiger partial charge in [-0.2, -0.15) is 0 Å². The van der Waals surface area contributed by atoms with Crippen LogP contribution in [0.1, 0.15) is 28.8 Å². The van der Waals surface area contributed by atoms with Gasteiger partial charge in [0.05, 0.1) is 0 Å². The second-order valence-corrected chi connectivity index (χ2v) is 7.13. The fourth-order valence-corrected chi connectivity index (χ4v) is 2.99. The van der Waals surface area contributed by atoms with Gasteiger partial charge in [-0.1, -0.05) is 50.1 Å². The smallest absolute Gasteiger partial charge is 0.254 e. The number of hydrogen-bond donors (Lipinski definition) is 0. The zero-order chi connectivity index (χ0) is 14.8. The molecular weight excluding hydrogens is 394 g/mol. The molecule has 21 heavy (non-hydrogen) atoms. The molecule has 0 bridgehead atoms.